The van der Waals surface area contributed by atoms with Crippen LogP contribution in [0, 0.1) is 6.92 Å². The van der Waals surface area contributed by atoms with E-state index in [0.717, 1.165) is 29.8 Å². The first-order chi connectivity index (χ1) is 15.9. The van der Waals surface area contributed by atoms with Crippen molar-refractivity contribution in [3.63, 3.8) is 0 Å². The predicted molar refractivity (Wildman–Crippen MR) is 131 cm³/mol. The number of rotatable bonds is 5. The lowest BCUT2D eigenvalue weighted by atomic mass is 9.89. The van der Waals surface area contributed by atoms with E-state index in [1.165, 1.54) is 0 Å². The van der Waals surface area contributed by atoms with Crippen LogP contribution in [0.4, 0.5) is 0 Å². The number of amides is 2. The van der Waals surface area contributed by atoms with E-state index in [1.807, 2.05) is 73.5 Å². The molecule has 3 aromatic rings. The SMILES string of the molecule is Cc1ccc(C(=O)N(C)Cc2ccccc2)c(C2CCN(C(=O)c3ccccc3Cl)CC2)n1. The van der Waals surface area contributed by atoms with Gasteiger partial charge in [-0.25, -0.2) is 0 Å². The molecule has 5 nitrogen and oxygen atoms in total. The molecule has 1 aromatic heterocycles. The normalized spacial score (nSPS) is 14.2. The van der Waals surface area contributed by atoms with E-state index in [9.17, 15) is 9.59 Å². The van der Waals surface area contributed by atoms with Gasteiger partial charge < -0.3 is 9.80 Å². The molecule has 1 fully saturated rings. The molecule has 0 N–H and O–H groups in total. The smallest absolute Gasteiger partial charge is 0.255 e. The van der Waals surface area contributed by atoms with Crippen molar-refractivity contribution in [2.45, 2.75) is 32.2 Å². The lowest BCUT2D eigenvalue weighted by Crippen LogP contribution is -2.38. The van der Waals surface area contributed by atoms with Crippen molar-refractivity contribution in [1.29, 1.82) is 0 Å². The fourth-order valence-corrected chi connectivity index (χ4v) is 4.58. The van der Waals surface area contributed by atoms with Gasteiger partial charge in [-0.3, -0.25) is 14.6 Å². The van der Waals surface area contributed by atoms with Gasteiger partial charge in [0.1, 0.15) is 0 Å². The van der Waals surface area contributed by atoms with Gasteiger partial charge in [-0.2, -0.15) is 0 Å². The molecule has 1 saturated heterocycles. The first-order valence-electron chi connectivity index (χ1n) is 11.2. The summed E-state index contributed by atoms with van der Waals surface area (Å²) in [6.07, 6.45) is 1.52. The molecule has 0 unspecified atom stereocenters. The Morgan fingerprint density at radius 2 is 1.64 bits per heavy atom. The number of halogens is 1. The summed E-state index contributed by atoms with van der Waals surface area (Å²) in [5.41, 5.74) is 3.99. The fraction of sp³-hybridized carbons (Fsp3) is 0.296. The largest absolute Gasteiger partial charge is 0.339 e. The molecule has 1 aliphatic rings. The van der Waals surface area contributed by atoms with Crippen LogP contribution in [0.3, 0.4) is 0 Å². The number of likely N-dealkylation sites (tertiary alicyclic amines) is 1. The van der Waals surface area contributed by atoms with Crippen molar-refractivity contribution < 1.29 is 9.59 Å². The van der Waals surface area contributed by atoms with Gasteiger partial charge in [-0.1, -0.05) is 54.1 Å². The van der Waals surface area contributed by atoms with Gasteiger partial charge in [-0.15, -0.1) is 0 Å². The first-order valence-corrected chi connectivity index (χ1v) is 11.6. The third kappa shape index (κ3) is 5.25. The van der Waals surface area contributed by atoms with Crippen LogP contribution in [0.15, 0.2) is 66.7 Å². The molecule has 33 heavy (non-hydrogen) atoms. The highest BCUT2D eigenvalue weighted by Crippen LogP contribution is 2.31. The van der Waals surface area contributed by atoms with Gasteiger partial charge in [0.05, 0.1) is 21.8 Å². The van der Waals surface area contributed by atoms with Crippen LogP contribution in [-0.4, -0.2) is 46.7 Å². The number of pyridine rings is 1. The second-order valence-electron chi connectivity index (χ2n) is 8.58. The molecule has 170 valence electrons. The van der Waals surface area contributed by atoms with Gasteiger partial charge in [-0.05, 0) is 49.6 Å². The topological polar surface area (TPSA) is 53.5 Å². The standard InChI is InChI=1S/C27H28ClN3O2/c1-19-12-13-23(26(32)30(2)18-20-8-4-3-5-9-20)25(29-19)21-14-16-31(17-15-21)27(33)22-10-6-7-11-24(22)28/h3-13,21H,14-18H2,1-2H3. The summed E-state index contributed by atoms with van der Waals surface area (Å²) in [5.74, 6) is 0.0512. The minimum atomic E-state index is -0.0462. The molecule has 0 radical (unpaired) electrons. The summed E-state index contributed by atoms with van der Waals surface area (Å²) in [7, 11) is 1.82. The molecular formula is C27H28ClN3O2. The van der Waals surface area contributed by atoms with Crippen molar-refractivity contribution >= 4 is 23.4 Å². The molecule has 6 heteroatoms. The molecule has 0 saturated carbocycles. The number of piperidine rings is 1. The first kappa shape index (κ1) is 23.0. The average molecular weight is 462 g/mol. The number of aromatic nitrogens is 1. The van der Waals surface area contributed by atoms with Crippen LogP contribution in [0.1, 0.15) is 56.4 Å². The van der Waals surface area contributed by atoms with E-state index in [0.29, 0.717) is 35.8 Å². The number of aryl methyl sites for hydroxylation is 1. The number of hydrogen-bond donors (Lipinski definition) is 0. The van der Waals surface area contributed by atoms with E-state index in [1.54, 1.807) is 17.0 Å². The highest BCUT2D eigenvalue weighted by Gasteiger charge is 2.29. The third-order valence-electron chi connectivity index (χ3n) is 6.18. The van der Waals surface area contributed by atoms with Crippen LogP contribution in [0.2, 0.25) is 5.02 Å². The zero-order valence-corrected chi connectivity index (χ0v) is 19.8. The molecule has 2 amide bonds. The van der Waals surface area contributed by atoms with Crippen molar-refractivity contribution in [2.75, 3.05) is 20.1 Å². The monoisotopic (exact) mass is 461 g/mol. The van der Waals surface area contributed by atoms with E-state index < -0.39 is 0 Å². The molecular weight excluding hydrogens is 434 g/mol. The summed E-state index contributed by atoms with van der Waals surface area (Å²) >= 11 is 6.22. The highest BCUT2D eigenvalue weighted by atomic mass is 35.5. The van der Waals surface area contributed by atoms with Crippen LogP contribution in [0.5, 0.6) is 0 Å². The van der Waals surface area contributed by atoms with Gasteiger partial charge in [0.15, 0.2) is 0 Å². The number of carbonyl (C=O) groups excluding carboxylic acids is 2. The highest BCUT2D eigenvalue weighted by molar-refractivity contribution is 6.33. The Morgan fingerprint density at radius 1 is 0.970 bits per heavy atom. The van der Waals surface area contributed by atoms with Gasteiger partial charge in [0.2, 0.25) is 0 Å². The third-order valence-corrected chi connectivity index (χ3v) is 6.51. The van der Waals surface area contributed by atoms with E-state index in [-0.39, 0.29) is 17.7 Å². The Morgan fingerprint density at radius 3 is 2.33 bits per heavy atom. The number of nitrogens with zero attached hydrogens (tertiary/aromatic N) is 3. The van der Waals surface area contributed by atoms with Crippen LogP contribution >= 0.6 is 11.6 Å². The minimum absolute atomic E-state index is 0.0315. The maximum absolute atomic E-state index is 13.3. The molecule has 0 spiro atoms. The Kier molecular flexibility index (Phi) is 7.09. The second-order valence-corrected chi connectivity index (χ2v) is 8.99. The van der Waals surface area contributed by atoms with E-state index >= 15 is 0 Å². The quantitative estimate of drug-likeness (QED) is 0.515. The molecule has 2 aromatic carbocycles. The fourth-order valence-electron chi connectivity index (χ4n) is 4.36. The summed E-state index contributed by atoms with van der Waals surface area (Å²) < 4.78 is 0. The van der Waals surface area contributed by atoms with Crippen LogP contribution in [0.25, 0.3) is 0 Å². The van der Waals surface area contributed by atoms with E-state index in [4.69, 9.17) is 16.6 Å². The predicted octanol–water partition coefficient (Wildman–Crippen LogP) is 5.34. The maximum atomic E-state index is 13.3. The van der Waals surface area contributed by atoms with Gasteiger partial charge in [0, 0.05) is 38.3 Å². The summed E-state index contributed by atoms with van der Waals surface area (Å²) in [6, 6.07) is 20.9. The summed E-state index contributed by atoms with van der Waals surface area (Å²) in [5, 5.41) is 0.472. The maximum Gasteiger partial charge on any atom is 0.255 e. The molecule has 1 aliphatic heterocycles. The average Bonchev–Trinajstić information content (AvgIpc) is 2.84. The van der Waals surface area contributed by atoms with Crippen molar-refractivity contribution in [3.05, 3.63) is 99.8 Å². The van der Waals surface area contributed by atoms with Crippen molar-refractivity contribution in [1.82, 2.24) is 14.8 Å². The molecule has 4 rings (SSSR count). The lowest BCUT2D eigenvalue weighted by molar-refractivity contribution is 0.0707. The van der Waals surface area contributed by atoms with E-state index in [2.05, 4.69) is 0 Å². The Balaban J connectivity index is 1.48. The zero-order valence-electron chi connectivity index (χ0n) is 19.0. The lowest BCUT2D eigenvalue weighted by Gasteiger charge is -2.33. The number of benzene rings is 2. The number of carbonyl (C=O) groups is 2. The zero-order chi connectivity index (χ0) is 23.4. The van der Waals surface area contributed by atoms with Gasteiger partial charge in [0.25, 0.3) is 11.8 Å². The molecule has 0 bridgehead atoms. The second kappa shape index (κ2) is 10.2. The molecule has 2 heterocycles. The van der Waals surface area contributed by atoms with Gasteiger partial charge >= 0.3 is 0 Å². The molecule has 0 atom stereocenters. The number of hydrogen-bond acceptors (Lipinski definition) is 3. The summed E-state index contributed by atoms with van der Waals surface area (Å²) in [6.45, 7) is 3.70. The Bertz CT molecular complexity index is 1140. The van der Waals surface area contributed by atoms with Crippen LogP contribution in [-0.2, 0) is 6.54 Å². The van der Waals surface area contributed by atoms with Crippen molar-refractivity contribution in [2.24, 2.45) is 0 Å². The minimum Gasteiger partial charge on any atom is -0.339 e. The van der Waals surface area contributed by atoms with Crippen LogP contribution < -0.4 is 0 Å². The van der Waals surface area contributed by atoms with Crippen molar-refractivity contribution in [3.8, 4) is 0 Å². The Hall–Kier alpha value is -3.18. The Labute approximate surface area is 200 Å². The molecule has 0 aliphatic carbocycles. The summed E-state index contributed by atoms with van der Waals surface area (Å²) in [4.78, 5) is 34.6.